The molecule has 5 heteroatoms. The van der Waals surface area contributed by atoms with E-state index >= 15 is 0 Å². The van der Waals surface area contributed by atoms with Crippen LogP contribution in [0.3, 0.4) is 0 Å². The summed E-state index contributed by atoms with van der Waals surface area (Å²) in [5, 5.41) is 11.0. The Bertz CT molecular complexity index is 355. The van der Waals surface area contributed by atoms with Crippen LogP contribution in [0.5, 0.6) is 0 Å². The van der Waals surface area contributed by atoms with Gasteiger partial charge < -0.3 is 14.6 Å². The third-order valence-electron chi connectivity index (χ3n) is 4.13. The Morgan fingerprint density at radius 3 is 2.36 bits per heavy atom. The number of carbonyl (C=O) groups is 2. The number of unbranched alkanes of at least 4 members (excludes halogenated alkanes) is 5. The monoisotopic (exact) mass is 318 g/mol. The van der Waals surface area contributed by atoms with Gasteiger partial charge in [-0.1, -0.05) is 45.4 Å². The molecule has 0 N–H and O–H groups in total. The smallest absolute Gasteiger partial charge is 0.550 e. The standard InChI is InChI=1S/C17H28O4.Na/c1-2-3-4-5-6-7-10-13-21-17(20)15-12-9-8-11-14(15)16(18)19;/h10,13-15H,2-9,11-12H2,1H3,(H,18,19);/q;+1/p-1/b13-10+;. The van der Waals surface area contributed by atoms with E-state index in [9.17, 15) is 14.7 Å². The number of hydrogen-bond acceptors (Lipinski definition) is 4. The maximum absolute atomic E-state index is 11.9. The molecule has 0 spiro atoms. The van der Waals surface area contributed by atoms with Crippen LogP contribution in [0, 0.1) is 11.8 Å². The molecule has 4 nitrogen and oxygen atoms in total. The van der Waals surface area contributed by atoms with Crippen LogP contribution < -0.4 is 34.7 Å². The first-order valence-corrected chi connectivity index (χ1v) is 8.23. The van der Waals surface area contributed by atoms with Crippen LogP contribution in [0.2, 0.25) is 0 Å². The van der Waals surface area contributed by atoms with Crippen LogP contribution in [0.15, 0.2) is 12.3 Å². The Hall–Kier alpha value is -0.320. The van der Waals surface area contributed by atoms with Gasteiger partial charge in [0.1, 0.15) is 0 Å². The predicted octanol–water partition coefficient (Wildman–Crippen LogP) is -0.0359. The molecule has 2 unspecified atom stereocenters. The predicted molar refractivity (Wildman–Crippen MR) is 79.1 cm³/mol. The van der Waals surface area contributed by atoms with E-state index in [1.165, 1.54) is 31.9 Å². The van der Waals surface area contributed by atoms with Crippen molar-refractivity contribution in [1.29, 1.82) is 0 Å². The molecule has 0 aromatic rings. The molecule has 1 saturated carbocycles. The summed E-state index contributed by atoms with van der Waals surface area (Å²) in [7, 11) is 0. The van der Waals surface area contributed by atoms with Crippen LogP contribution in [-0.2, 0) is 14.3 Å². The van der Waals surface area contributed by atoms with Crippen LogP contribution in [0.25, 0.3) is 0 Å². The summed E-state index contributed by atoms with van der Waals surface area (Å²) >= 11 is 0. The van der Waals surface area contributed by atoms with Crippen molar-refractivity contribution in [3.63, 3.8) is 0 Å². The summed E-state index contributed by atoms with van der Waals surface area (Å²) in [5.41, 5.74) is 0. The Kier molecular flexibility index (Phi) is 13.0. The van der Waals surface area contributed by atoms with E-state index in [-0.39, 0.29) is 29.6 Å². The van der Waals surface area contributed by atoms with Crippen molar-refractivity contribution >= 4 is 11.9 Å². The first-order valence-electron chi connectivity index (χ1n) is 8.23. The summed E-state index contributed by atoms with van der Waals surface area (Å²) in [6.45, 7) is 2.19. The average molecular weight is 318 g/mol. The van der Waals surface area contributed by atoms with E-state index < -0.39 is 23.8 Å². The summed E-state index contributed by atoms with van der Waals surface area (Å²) in [6, 6.07) is 0. The molecule has 0 aromatic heterocycles. The van der Waals surface area contributed by atoms with Gasteiger partial charge in [0, 0.05) is 11.9 Å². The zero-order valence-electron chi connectivity index (χ0n) is 14.0. The second-order valence-electron chi connectivity index (χ2n) is 5.83. The molecule has 1 aliphatic rings. The Morgan fingerprint density at radius 1 is 1.09 bits per heavy atom. The van der Waals surface area contributed by atoms with Gasteiger partial charge in [0.2, 0.25) is 0 Å². The van der Waals surface area contributed by atoms with Gasteiger partial charge in [0.25, 0.3) is 0 Å². The molecule has 0 aromatic carbocycles. The largest absolute Gasteiger partial charge is 1.00 e. The molecule has 1 fully saturated rings. The van der Waals surface area contributed by atoms with E-state index in [1.54, 1.807) is 0 Å². The fourth-order valence-electron chi connectivity index (χ4n) is 2.83. The molecule has 0 saturated heterocycles. The number of hydrogen-bond donors (Lipinski definition) is 0. The number of carboxylic acid groups (broad SMARTS) is 1. The molecule has 0 aliphatic heterocycles. The molecule has 0 amide bonds. The molecule has 0 bridgehead atoms. The van der Waals surface area contributed by atoms with Gasteiger partial charge in [0.15, 0.2) is 0 Å². The Morgan fingerprint density at radius 2 is 1.73 bits per heavy atom. The van der Waals surface area contributed by atoms with E-state index in [1.807, 2.05) is 6.08 Å². The molecule has 0 heterocycles. The summed E-state index contributed by atoms with van der Waals surface area (Å²) in [6.07, 6.45) is 13.0. The molecule has 0 radical (unpaired) electrons. The number of esters is 1. The van der Waals surface area contributed by atoms with Gasteiger partial charge in [-0.15, -0.1) is 0 Å². The van der Waals surface area contributed by atoms with Crippen molar-refractivity contribution < 1.29 is 49.0 Å². The van der Waals surface area contributed by atoms with E-state index in [0.717, 1.165) is 25.7 Å². The third-order valence-corrected chi connectivity index (χ3v) is 4.13. The molecule has 1 rings (SSSR count). The minimum Gasteiger partial charge on any atom is -0.550 e. The summed E-state index contributed by atoms with van der Waals surface area (Å²) in [4.78, 5) is 23.0. The minimum absolute atomic E-state index is 0. The molecular weight excluding hydrogens is 291 g/mol. The number of rotatable bonds is 9. The first-order chi connectivity index (χ1) is 10.2. The van der Waals surface area contributed by atoms with Crippen molar-refractivity contribution in [3.8, 4) is 0 Å². The zero-order valence-corrected chi connectivity index (χ0v) is 16.0. The Balaban J connectivity index is 0.00000441. The summed E-state index contributed by atoms with van der Waals surface area (Å²) < 4.78 is 5.08. The number of carbonyl (C=O) groups excluding carboxylic acids is 2. The van der Waals surface area contributed by atoms with E-state index in [0.29, 0.717) is 12.8 Å². The first kappa shape index (κ1) is 21.7. The van der Waals surface area contributed by atoms with Crippen molar-refractivity contribution in [2.24, 2.45) is 11.8 Å². The van der Waals surface area contributed by atoms with E-state index in [4.69, 9.17) is 4.74 Å². The fourth-order valence-corrected chi connectivity index (χ4v) is 2.83. The van der Waals surface area contributed by atoms with Crippen LogP contribution >= 0.6 is 0 Å². The third kappa shape index (κ3) is 8.35. The fraction of sp³-hybridized carbons (Fsp3) is 0.765. The SMILES string of the molecule is CCCCCCC/C=C/OC(=O)C1CCCCC1C(=O)[O-].[Na+]. The molecule has 120 valence electrons. The molecule has 22 heavy (non-hydrogen) atoms. The number of carboxylic acids is 1. The van der Waals surface area contributed by atoms with Crippen molar-refractivity contribution in [2.45, 2.75) is 71.1 Å². The second kappa shape index (κ2) is 13.1. The summed E-state index contributed by atoms with van der Waals surface area (Å²) in [5.74, 6) is -2.78. The number of ether oxygens (including phenoxy) is 1. The van der Waals surface area contributed by atoms with Gasteiger partial charge >= 0.3 is 35.5 Å². The van der Waals surface area contributed by atoms with Gasteiger partial charge in [0.05, 0.1) is 12.2 Å². The molecule has 1 aliphatic carbocycles. The quantitative estimate of drug-likeness (QED) is 0.259. The van der Waals surface area contributed by atoms with Crippen molar-refractivity contribution in [2.75, 3.05) is 0 Å². The second-order valence-corrected chi connectivity index (χ2v) is 5.83. The molecule has 2 atom stereocenters. The van der Waals surface area contributed by atoms with Crippen LogP contribution in [0.4, 0.5) is 0 Å². The average Bonchev–Trinajstić information content (AvgIpc) is 2.49. The maximum Gasteiger partial charge on any atom is 1.00 e. The van der Waals surface area contributed by atoms with Crippen molar-refractivity contribution in [1.82, 2.24) is 0 Å². The number of allylic oxidation sites excluding steroid dienone is 1. The van der Waals surface area contributed by atoms with Gasteiger partial charge in [-0.25, -0.2) is 0 Å². The zero-order chi connectivity index (χ0) is 15.5. The number of aliphatic carboxylic acids is 1. The van der Waals surface area contributed by atoms with Gasteiger partial charge in [-0.2, -0.15) is 0 Å². The van der Waals surface area contributed by atoms with Crippen LogP contribution in [-0.4, -0.2) is 11.9 Å². The van der Waals surface area contributed by atoms with Gasteiger partial charge in [-0.05, 0) is 31.8 Å². The van der Waals surface area contributed by atoms with Gasteiger partial charge in [-0.3, -0.25) is 4.79 Å². The van der Waals surface area contributed by atoms with E-state index in [2.05, 4.69) is 6.92 Å². The minimum atomic E-state index is -1.13. The van der Waals surface area contributed by atoms with Crippen LogP contribution in [0.1, 0.15) is 71.1 Å². The van der Waals surface area contributed by atoms with Crippen molar-refractivity contribution in [3.05, 3.63) is 12.3 Å². The Labute approximate surface area is 156 Å². The maximum atomic E-state index is 11.9. The molecular formula is C17H27NaO4. The normalized spacial score (nSPS) is 21.3. The topological polar surface area (TPSA) is 66.4 Å².